The van der Waals surface area contributed by atoms with E-state index >= 15 is 0 Å². The van der Waals surface area contributed by atoms with Crippen LogP contribution in [0.4, 0.5) is 0 Å². The van der Waals surface area contributed by atoms with Crippen molar-refractivity contribution >= 4 is 48.8 Å². The molecule has 0 N–H and O–H groups in total. The van der Waals surface area contributed by atoms with Gasteiger partial charge in [0.2, 0.25) is 0 Å². The van der Waals surface area contributed by atoms with Gasteiger partial charge in [-0.3, -0.25) is 39.9 Å². The number of aromatic nitrogens is 8. The predicted octanol–water partition coefficient (Wildman–Crippen LogP) is 31.4. The third-order valence-electron chi connectivity index (χ3n) is 25.6. The van der Waals surface area contributed by atoms with E-state index in [1.165, 1.54) is 132 Å². The first kappa shape index (κ1) is 88.9. The van der Waals surface area contributed by atoms with Crippen LogP contribution in [-0.2, 0) is 22.7 Å². The predicted molar refractivity (Wildman–Crippen MR) is 563 cm³/mol. The second-order valence-corrected chi connectivity index (χ2v) is 35.2. The van der Waals surface area contributed by atoms with Crippen LogP contribution in [0.3, 0.4) is 0 Å². The standard InChI is InChI=1S/C24H19N.C20H17N.C18H13N.C15H11N.C14H15N.C13H9N.C12H11N.C11H9N/c1-24(2)21-10-6-5-9-19(21)20-12-11-17(15-22(20)24)23-18-8-4-3-7-16(18)13-14-25-23;1-20(2)17-8-4-3-7-15(17)16-11-10-14(13-18(16)20)19-9-5-6-12-21-19;1-2-12-19-17(9-1)15-11-10-14-6-3-5-13-7-4-8-16(15)18(13)14;1-2-7-13(8-3-1)15-14-9-5-4-6-12(14)10-11-16-15;1-14(2,12-8-4-3-5-9-12)13-10-6-7-11-15-13;1-2-6-12-10(4-1)7-8-11-5-3-9-14-13(11)12;1-2-6-11(7-3-1)10-12-8-4-5-9-13-12;1-2-6-10(7-3-1)11-8-4-5-9-12-11/h3-15H,1-2H3;3-13H,1-2H3;1-12,18H;1-11H;3-11H,1-2H3;1-9H;1-9H,10H2;1-9H. The van der Waals surface area contributed by atoms with Gasteiger partial charge in [-0.15, -0.1) is 0 Å². The number of pyridine rings is 8. The molecule has 0 aliphatic heterocycles. The fourth-order valence-electron chi connectivity index (χ4n) is 18.5. The van der Waals surface area contributed by atoms with E-state index in [4.69, 9.17) is 4.98 Å². The number of nitrogens with zero attached hydrogens (tertiary/aromatic N) is 8. The zero-order valence-electron chi connectivity index (χ0n) is 76.8. The summed E-state index contributed by atoms with van der Waals surface area (Å²) in [7, 11) is 0. The van der Waals surface area contributed by atoms with Crippen LogP contribution >= 0.6 is 0 Å². The van der Waals surface area contributed by atoms with Gasteiger partial charge in [0.1, 0.15) is 0 Å². The van der Waals surface area contributed by atoms with Crippen molar-refractivity contribution < 1.29 is 0 Å². The summed E-state index contributed by atoms with van der Waals surface area (Å²) >= 11 is 0. The highest BCUT2D eigenvalue weighted by atomic mass is 14.7. The Hall–Kier alpha value is -16.7. The summed E-state index contributed by atoms with van der Waals surface area (Å²) in [5.74, 6) is 0.386. The minimum atomic E-state index is -0.0253. The van der Waals surface area contributed by atoms with Crippen LogP contribution in [0, 0.1) is 5.92 Å². The molecule has 5 aliphatic rings. The minimum Gasteiger partial charge on any atom is -0.261 e. The SMILES string of the molecule is C1=CC2=CC=CC3=C(c4ccccn4)C=CC(=C1)C23.CC(C)(c1ccccc1)c1ccccn1.CC1(C)c2ccccc2-c2ccc(-c3ccccn3)cc21.CC1(C)c2ccccc2-c2ccc(-c3nccc4ccccc34)cc21.c1ccc(-c2ccccn2)cc1.c1ccc(-c2nccc3ccccc23)cc1.c1ccc(Cc2ccccn2)cc1.c1ccc2c(c1)ccc1cccnc12. The van der Waals surface area contributed by atoms with Crippen LogP contribution in [-0.4, -0.2) is 39.9 Å². The molecule has 0 saturated heterocycles. The minimum absolute atomic E-state index is 0.0204. The van der Waals surface area contributed by atoms with Crippen LogP contribution in [0.5, 0.6) is 0 Å². The molecule has 8 aromatic heterocycles. The van der Waals surface area contributed by atoms with Gasteiger partial charge < -0.3 is 0 Å². The van der Waals surface area contributed by atoms with Crippen LogP contribution in [0.25, 0.3) is 116 Å². The average Bonchev–Trinajstić information content (AvgIpc) is 1.61. The summed E-state index contributed by atoms with van der Waals surface area (Å²) in [6, 6.07) is 140. The first-order valence-electron chi connectivity index (χ1n) is 46.1. The highest BCUT2D eigenvalue weighted by molar-refractivity contribution is 6.05. The lowest BCUT2D eigenvalue weighted by atomic mass is 9.73. The summed E-state index contributed by atoms with van der Waals surface area (Å²) in [6.07, 6.45) is 33.2. The van der Waals surface area contributed by atoms with Gasteiger partial charge in [-0.1, -0.05) is 406 Å². The molecule has 20 aromatic rings. The zero-order chi connectivity index (χ0) is 92.2. The smallest absolute Gasteiger partial charge is 0.0780 e. The Morgan fingerprint density at radius 1 is 0.274 bits per heavy atom. The Bertz CT molecular complexity index is 7480. The highest BCUT2D eigenvalue weighted by Gasteiger charge is 2.37. The molecule has 135 heavy (non-hydrogen) atoms. The Morgan fingerprint density at radius 2 is 0.704 bits per heavy atom. The van der Waals surface area contributed by atoms with Crippen molar-refractivity contribution in [3.8, 4) is 67.3 Å². The van der Waals surface area contributed by atoms with Crippen molar-refractivity contribution in [1.82, 2.24) is 39.9 Å². The maximum absolute atomic E-state index is 4.70. The molecule has 25 rings (SSSR count). The number of benzene rings is 12. The van der Waals surface area contributed by atoms with E-state index in [1.807, 2.05) is 183 Å². The van der Waals surface area contributed by atoms with Crippen molar-refractivity contribution in [2.75, 3.05) is 0 Å². The van der Waals surface area contributed by atoms with E-state index in [-0.39, 0.29) is 16.2 Å². The molecule has 0 radical (unpaired) electrons. The van der Waals surface area contributed by atoms with Gasteiger partial charge in [0.15, 0.2) is 0 Å². The molecule has 0 amide bonds. The number of rotatable bonds is 9. The molecule has 0 saturated carbocycles. The van der Waals surface area contributed by atoms with E-state index in [0.717, 1.165) is 57.4 Å². The Kier molecular flexibility index (Phi) is 27.4. The monoisotopic (exact) mass is 1740 g/mol. The van der Waals surface area contributed by atoms with Crippen LogP contribution in [0.15, 0.2) is 521 Å². The van der Waals surface area contributed by atoms with Gasteiger partial charge in [0.25, 0.3) is 0 Å². The Labute approximate surface area is 792 Å². The van der Waals surface area contributed by atoms with Gasteiger partial charge >= 0.3 is 0 Å². The van der Waals surface area contributed by atoms with Gasteiger partial charge in [0, 0.05) is 133 Å². The quantitative estimate of drug-likeness (QED) is 0.132. The normalized spacial score (nSPS) is 13.6. The summed E-state index contributed by atoms with van der Waals surface area (Å²) in [5, 5.41) is 8.55. The highest BCUT2D eigenvalue weighted by Crippen LogP contribution is 2.52. The number of hydrogen-bond donors (Lipinski definition) is 0. The van der Waals surface area contributed by atoms with Gasteiger partial charge in [-0.2, -0.15) is 0 Å². The maximum atomic E-state index is 4.70. The topological polar surface area (TPSA) is 103 Å². The second kappa shape index (κ2) is 41.6. The summed E-state index contributed by atoms with van der Waals surface area (Å²) in [5.41, 5.74) is 32.3. The van der Waals surface area contributed by atoms with Gasteiger partial charge in [-0.25, -0.2) is 0 Å². The van der Waals surface area contributed by atoms with E-state index < -0.39 is 0 Å². The first-order chi connectivity index (χ1) is 66.3. The fourth-order valence-corrected chi connectivity index (χ4v) is 18.5. The Balaban J connectivity index is 0.000000104. The van der Waals surface area contributed by atoms with Crippen molar-refractivity contribution in [3.63, 3.8) is 0 Å². The lowest BCUT2D eigenvalue weighted by Gasteiger charge is -2.30. The Morgan fingerprint density at radius 3 is 1.27 bits per heavy atom. The second-order valence-electron chi connectivity index (χ2n) is 35.2. The van der Waals surface area contributed by atoms with Crippen molar-refractivity contribution in [2.24, 2.45) is 5.92 Å². The van der Waals surface area contributed by atoms with E-state index in [1.54, 1.807) is 0 Å². The van der Waals surface area contributed by atoms with Crippen LogP contribution < -0.4 is 0 Å². The van der Waals surface area contributed by atoms with Crippen LogP contribution in [0.1, 0.15) is 92.0 Å². The summed E-state index contributed by atoms with van der Waals surface area (Å²) < 4.78 is 0. The molecular formula is C127H104N8. The van der Waals surface area contributed by atoms with Crippen molar-refractivity contribution in [2.45, 2.75) is 64.2 Å². The molecule has 1 atom stereocenters. The molecule has 0 spiro atoms. The molecule has 652 valence electrons. The zero-order valence-corrected chi connectivity index (χ0v) is 76.8. The molecule has 8 heterocycles. The van der Waals surface area contributed by atoms with Crippen LogP contribution in [0.2, 0.25) is 0 Å². The summed E-state index contributed by atoms with van der Waals surface area (Å²) in [4.78, 5) is 35.5. The third-order valence-corrected chi connectivity index (χ3v) is 25.6. The van der Waals surface area contributed by atoms with E-state index in [0.29, 0.717) is 5.92 Å². The molecule has 5 aliphatic carbocycles. The first-order valence-corrected chi connectivity index (χ1v) is 46.1. The van der Waals surface area contributed by atoms with Gasteiger partial charge in [-0.05, 0) is 180 Å². The molecule has 1 unspecified atom stereocenters. The molecular weight excluding hydrogens is 1640 g/mol. The lowest BCUT2D eigenvalue weighted by molar-refractivity contribution is 0.617. The van der Waals surface area contributed by atoms with Crippen molar-refractivity contribution in [3.05, 3.63) is 572 Å². The molecule has 8 nitrogen and oxygen atoms in total. The molecule has 0 fully saturated rings. The average molecular weight is 1740 g/mol. The lowest BCUT2D eigenvalue weighted by Crippen LogP contribution is -2.20. The van der Waals surface area contributed by atoms with E-state index in [2.05, 4.69) is 398 Å². The number of hydrogen-bond acceptors (Lipinski definition) is 8. The summed E-state index contributed by atoms with van der Waals surface area (Å²) in [6.45, 7) is 13.6. The van der Waals surface area contributed by atoms with E-state index in [9.17, 15) is 0 Å². The van der Waals surface area contributed by atoms with Crippen molar-refractivity contribution in [1.29, 1.82) is 0 Å². The molecule has 8 heteroatoms. The maximum Gasteiger partial charge on any atom is 0.0780 e. The largest absolute Gasteiger partial charge is 0.261 e. The molecule has 12 aromatic carbocycles. The number of fused-ring (bicyclic) bond motifs is 11. The number of allylic oxidation sites excluding steroid dienone is 12. The van der Waals surface area contributed by atoms with Gasteiger partial charge in [0.05, 0.1) is 39.7 Å². The third kappa shape index (κ3) is 20.3. The fraction of sp³-hybridized carbons (Fsp3) is 0.0866. The molecule has 0 bridgehead atoms.